The zero-order chi connectivity index (χ0) is 18.4. The van der Waals surface area contributed by atoms with Crippen LogP contribution in [-0.4, -0.2) is 24.6 Å². The van der Waals surface area contributed by atoms with E-state index in [2.05, 4.69) is 10.3 Å². The van der Waals surface area contributed by atoms with Crippen LogP contribution < -0.4 is 10.1 Å². The quantitative estimate of drug-likeness (QED) is 0.676. The Bertz CT molecular complexity index is 861. The van der Waals surface area contributed by atoms with Gasteiger partial charge >= 0.3 is 0 Å². The molecule has 0 aliphatic rings. The van der Waals surface area contributed by atoms with Gasteiger partial charge in [0.2, 0.25) is 0 Å². The second kappa shape index (κ2) is 8.60. The van der Waals surface area contributed by atoms with E-state index in [1.807, 2.05) is 61.5 Å². The van der Waals surface area contributed by atoms with Crippen LogP contribution in [0.5, 0.6) is 5.75 Å². The maximum absolute atomic E-state index is 12.1. The summed E-state index contributed by atoms with van der Waals surface area (Å²) in [5.74, 6) is 0.585. The van der Waals surface area contributed by atoms with Gasteiger partial charge in [-0.2, -0.15) is 0 Å². The second-order valence-corrected chi connectivity index (χ2v) is 6.88. The molecular weight excluding hydrogens is 348 g/mol. The first-order valence-electron chi connectivity index (χ1n) is 8.19. The van der Waals surface area contributed by atoms with E-state index in [0.29, 0.717) is 11.7 Å². The van der Waals surface area contributed by atoms with Gasteiger partial charge in [0.1, 0.15) is 12.4 Å². The Hall–Kier alpha value is -2.70. The van der Waals surface area contributed by atoms with E-state index in [4.69, 9.17) is 9.47 Å². The Morgan fingerprint density at radius 3 is 2.54 bits per heavy atom. The summed E-state index contributed by atoms with van der Waals surface area (Å²) in [5.41, 5.74) is 2.88. The van der Waals surface area contributed by atoms with Crippen LogP contribution in [0, 0.1) is 6.92 Å². The van der Waals surface area contributed by atoms with Gasteiger partial charge < -0.3 is 9.47 Å². The first kappa shape index (κ1) is 18.1. The normalized spacial score (nSPS) is 10.5. The Morgan fingerprint density at radius 2 is 1.85 bits per heavy atom. The number of carbonyl (C=O) groups excluding carboxylic acids is 1. The van der Waals surface area contributed by atoms with Gasteiger partial charge in [-0.3, -0.25) is 10.1 Å². The standard InChI is InChI=1S/C20H20N2O3S/c1-14-19(16-8-10-17(24-2)11-9-16)22-20(26-14)21-18(23)13-25-12-15-6-4-3-5-7-15/h3-11H,12-13H2,1-2H3,(H,21,22,23). The molecule has 1 heterocycles. The van der Waals surface area contributed by atoms with E-state index in [1.165, 1.54) is 11.3 Å². The Kier molecular flexibility index (Phi) is 5.99. The third kappa shape index (κ3) is 4.68. The molecule has 1 aromatic heterocycles. The minimum atomic E-state index is -0.212. The number of nitrogens with one attached hydrogen (secondary N) is 1. The van der Waals surface area contributed by atoms with Crippen LogP contribution in [0.15, 0.2) is 54.6 Å². The first-order chi connectivity index (χ1) is 12.7. The summed E-state index contributed by atoms with van der Waals surface area (Å²) >= 11 is 1.45. The molecular formula is C20H20N2O3S. The van der Waals surface area contributed by atoms with Crippen molar-refractivity contribution in [1.29, 1.82) is 0 Å². The van der Waals surface area contributed by atoms with Crippen molar-refractivity contribution >= 4 is 22.4 Å². The lowest BCUT2D eigenvalue weighted by atomic mass is 10.1. The Labute approximate surface area is 156 Å². The van der Waals surface area contributed by atoms with E-state index < -0.39 is 0 Å². The number of ether oxygens (including phenoxy) is 2. The highest BCUT2D eigenvalue weighted by atomic mass is 32.1. The second-order valence-electron chi connectivity index (χ2n) is 5.68. The van der Waals surface area contributed by atoms with E-state index in [0.717, 1.165) is 27.4 Å². The SMILES string of the molecule is COc1ccc(-c2nc(NC(=O)COCc3ccccc3)sc2C)cc1. The highest BCUT2D eigenvalue weighted by Crippen LogP contribution is 2.31. The number of nitrogens with zero attached hydrogens (tertiary/aromatic N) is 1. The van der Waals surface area contributed by atoms with Crippen molar-refractivity contribution in [2.24, 2.45) is 0 Å². The molecule has 0 aliphatic heterocycles. The van der Waals surface area contributed by atoms with Gasteiger partial charge in [-0.15, -0.1) is 11.3 Å². The molecule has 1 amide bonds. The van der Waals surface area contributed by atoms with Gasteiger partial charge in [-0.25, -0.2) is 4.98 Å². The maximum Gasteiger partial charge on any atom is 0.252 e. The summed E-state index contributed by atoms with van der Waals surface area (Å²) < 4.78 is 10.6. The zero-order valence-corrected chi connectivity index (χ0v) is 15.5. The number of anilines is 1. The summed E-state index contributed by atoms with van der Waals surface area (Å²) in [6.07, 6.45) is 0. The molecule has 1 N–H and O–H groups in total. The van der Waals surface area contributed by atoms with Crippen molar-refractivity contribution in [1.82, 2.24) is 4.98 Å². The van der Waals surface area contributed by atoms with Crippen molar-refractivity contribution in [3.05, 3.63) is 65.0 Å². The Balaban J connectivity index is 1.57. The largest absolute Gasteiger partial charge is 0.497 e. The highest BCUT2D eigenvalue weighted by Gasteiger charge is 2.12. The predicted octanol–water partition coefficient (Wildman–Crippen LogP) is 4.28. The summed E-state index contributed by atoms with van der Waals surface area (Å²) in [4.78, 5) is 17.6. The third-order valence-electron chi connectivity index (χ3n) is 3.75. The fourth-order valence-electron chi connectivity index (χ4n) is 2.46. The maximum atomic E-state index is 12.1. The number of hydrogen-bond donors (Lipinski definition) is 1. The number of amides is 1. The van der Waals surface area contributed by atoms with Crippen LogP contribution in [0.1, 0.15) is 10.4 Å². The van der Waals surface area contributed by atoms with Crippen LogP contribution in [0.4, 0.5) is 5.13 Å². The fourth-order valence-corrected chi connectivity index (χ4v) is 3.31. The summed E-state index contributed by atoms with van der Waals surface area (Å²) in [5, 5.41) is 3.37. The lowest BCUT2D eigenvalue weighted by molar-refractivity contribution is -0.121. The zero-order valence-electron chi connectivity index (χ0n) is 14.7. The van der Waals surface area contributed by atoms with E-state index in [9.17, 15) is 4.79 Å². The van der Waals surface area contributed by atoms with Crippen molar-refractivity contribution < 1.29 is 14.3 Å². The number of carbonyl (C=O) groups is 1. The molecule has 2 aromatic carbocycles. The summed E-state index contributed by atoms with van der Waals surface area (Å²) in [6.45, 7) is 2.38. The molecule has 5 nitrogen and oxygen atoms in total. The summed E-state index contributed by atoms with van der Waals surface area (Å²) in [7, 11) is 1.64. The predicted molar refractivity (Wildman–Crippen MR) is 104 cm³/mol. The highest BCUT2D eigenvalue weighted by molar-refractivity contribution is 7.16. The van der Waals surface area contributed by atoms with Gasteiger partial charge in [0.05, 0.1) is 19.4 Å². The van der Waals surface area contributed by atoms with E-state index in [1.54, 1.807) is 7.11 Å². The summed E-state index contributed by atoms with van der Waals surface area (Å²) in [6, 6.07) is 17.4. The van der Waals surface area contributed by atoms with Gasteiger partial charge in [-0.05, 0) is 36.8 Å². The molecule has 3 rings (SSSR count). The topological polar surface area (TPSA) is 60.5 Å². The lowest BCUT2D eigenvalue weighted by Crippen LogP contribution is -2.18. The number of benzene rings is 2. The number of aryl methyl sites for hydroxylation is 1. The smallest absolute Gasteiger partial charge is 0.252 e. The van der Waals surface area contributed by atoms with Gasteiger partial charge in [-0.1, -0.05) is 30.3 Å². The average molecular weight is 368 g/mol. The molecule has 0 saturated carbocycles. The van der Waals surface area contributed by atoms with Crippen molar-refractivity contribution in [3.8, 4) is 17.0 Å². The van der Waals surface area contributed by atoms with Crippen molar-refractivity contribution in [2.75, 3.05) is 19.0 Å². The fraction of sp³-hybridized carbons (Fsp3) is 0.200. The number of aromatic nitrogens is 1. The lowest BCUT2D eigenvalue weighted by Gasteiger charge is -2.04. The average Bonchev–Trinajstić information content (AvgIpc) is 3.02. The van der Waals surface area contributed by atoms with Crippen molar-refractivity contribution in [2.45, 2.75) is 13.5 Å². The van der Waals surface area contributed by atoms with Crippen LogP contribution >= 0.6 is 11.3 Å². The van der Waals surface area contributed by atoms with Gasteiger partial charge in [0, 0.05) is 10.4 Å². The molecule has 0 atom stereocenters. The first-order valence-corrected chi connectivity index (χ1v) is 9.00. The molecule has 0 bridgehead atoms. The molecule has 26 heavy (non-hydrogen) atoms. The number of methoxy groups -OCH3 is 1. The monoisotopic (exact) mass is 368 g/mol. The van der Waals surface area contributed by atoms with Gasteiger partial charge in [0.25, 0.3) is 5.91 Å². The molecule has 134 valence electrons. The van der Waals surface area contributed by atoms with E-state index >= 15 is 0 Å². The molecule has 0 radical (unpaired) electrons. The van der Waals surface area contributed by atoms with E-state index in [-0.39, 0.29) is 12.5 Å². The number of hydrogen-bond acceptors (Lipinski definition) is 5. The molecule has 0 unspecified atom stereocenters. The molecule has 0 fully saturated rings. The molecule has 0 saturated heterocycles. The van der Waals surface area contributed by atoms with Gasteiger partial charge in [0.15, 0.2) is 5.13 Å². The molecule has 6 heteroatoms. The van der Waals surface area contributed by atoms with Crippen molar-refractivity contribution in [3.63, 3.8) is 0 Å². The van der Waals surface area contributed by atoms with Crippen LogP contribution in [0.25, 0.3) is 11.3 Å². The molecule has 0 spiro atoms. The van der Waals surface area contributed by atoms with Crippen LogP contribution in [0.3, 0.4) is 0 Å². The van der Waals surface area contributed by atoms with Crippen LogP contribution in [-0.2, 0) is 16.1 Å². The Morgan fingerprint density at radius 1 is 1.12 bits per heavy atom. The molecule has 0 aliphatic carbocycles. The van der Waals surface area contributed by atoms with Crippen LogP contribution in [0.2, 0.25) is 0 Å². The third-order valence-corrected chi connectivity index (χ3v) is 4.64. The number of rotatable bonds is 7. The number of thiazole rings is 1. The minimum absolute atomic E-state index is 0.00854. The minimum Gasteiger partial charge on any atom is -0.497 e. The molecule has 3 aromatic rings.